The minimum Gasteiger partial charge on any atom is -0.352 e. The van der Waals surface area contributed by atoms with Crippen LogP contribution in [-0.4, -0.2) is 22.6 Å². The fourth-order valence-corrected chi connectivity index (χ4v) is 4.21. The molecule has 0 unspecified atom stereocenters. The Morgan fingerprint density at radius 3 is 2.56 bits per heavy atom. The van der Waals surface area contributed by atoms with E-state index in [1.165, 1.54) is 55.3 Å². The second kappa shape index (κ2) is 6.32. The molecule has 130 valence electrons. The summed E-state index contributed by atoms with van der Waals surface area (Å²) in [5.41, 5.74) is 4.16. The van der Waals surface area contributed by atoms with E-state index in [-0.39, 0.29) is 0 Å². The first-order valence-electron chi connectivity index (χ1n) is 9.82. The van der Waals surface area contributed by atoms with E-state index in [9.17, 15) is 0 Å². The van der Waals surface area contributed by atoms with Gasteiger partial charge in [-0.15, -0.1) is 0 Å². The third-order valence-electron chi connectivity index (χ3n) is 5.87. The largest absolute Gasteiger partial charge is 0.352 e. The lowest BCUT2D eigenvalue weighted by molar-refractivity contribution is 0.710. The number of nitrogens with zero attached hydrogens (tertiary/aromatic N) is 3. The number of fused-ring (bicyclic) bond motifs is 1. The van der Waals surface area contributed by atoms with Crippen LogP contribution in [0.5, 0.6) is 0 Å². The van der Waals surface area contributed by atoms with Crippen LogP contribution in [0.3, 0.4) is 0 Å². The maximum atomic E-state index is 4.91. The van der Waals surface area contributed by atoms with Gasteiger partial charge in [0, 0.05) is 31.1 Å². The van der Waals surface area contributed by atoms with Crippen molar-refractivity contribution < 1.29 is 0 Å². The van der Waals surface area contributed by atoms with Gasteiger partial charge in [-0.1, -0.05) is 37.1 Å². The van der Waals surface area contributed by atoms with Gasteiger partial charge in [0.05, 0.1) is 5.69 Å². The lowest BCUT2D eigenvalue weighted by atomic mass is 10.00. The SMILES string of the molecule is c1ccc2c(c1)CCN(c1cc(C3CC3)nc(NC3CCCC3)n1)C2. The van der Waals surface area contributed by atoms with Crippen molar-refractivity contribution in [2.45, 2.75) is 63.5 Å². The molecule has 0 atom stereocenters. The number of hydrogen-bond donors (Lipinski definition) is 1. The normalized spacial score (nSPS) is 20.6. The van der Waals surface area contributed by atoms with Crippen molar-refractivity contribution in [1.29, 1.82) is 0 Å². The van der Waals surface area contributed by atoms with Gasteiger partial charge >= 0.3 is 0 Å². The molecule has 3 aliphatic rings. The molecule has 2 heterocycles. The molecule has 0 amide bonds. The number of benzene rings is 1. The summed E-state index contributed by atoms with van der Waals surface area (Å²) in [6.45, 7) is 2.00. The molecule has 2 aromatic rings. The quantitative estimate of drug-likeness (QED) is 0.906. The number of aromatic nitrogens is 2. The molecule has 2 aliphatic carbocycles. The number of rotatable bonds is 4. The van der Waals surface area contributed by atoms with Gasteiger partial charge in [0.2, 0.25) is 5.95 Å². The van der Waals surface area contributed by atoms with Crippen LogP contribution in [0.4, 0.5) is 11.8 Å². The summed E-state index contributed by atoms with van der Waals surface area (Å²) in [7, 11) is 0. The predicted octanol–water partition coefficient (Wildman–Crippen LogP) is 4.27. The van der Waals surface area contributed by atoms with Crippen LogP contribution in [0.1, 0.15) is 61.3 Å². The molecule has 2 saturated carbocycles. The first kappa shape index (κ1) is 15.2. The van der Waals surface area contributed by atoms with Crippen LogP contribution >= 0.6 is 0 Å². The Kier molecular flexibility index (Phi) is 3.84. The highest BCUT2D eigenvalue weighted by atomic mass is 15.2. The number of anilines is 2. The fourth-order valence-electron chi connectivity index (χ4n) is 4.21. The molecular weight excluding hydrogens is 308 g/mol. The summed E-state index contributed by atoms with van der Waals surface area (Å²) in [6, 6.07) is 11.6. The number of hydrogen-bond acceptors (Lipinski definition) is 4. The first-order valence-corrected chi connectivity index (χ1v) is 9.82. The van der Waals surface area contributed by atoms with Gasteiger partial charge in [0.15, 0.2) is 0 Å². The molecule has 0 spiro atoms. The molecule has 2 fully saturated rings. The van der Waals surface area contributed by atoms with E-state index in [1.54, 1.807) is 0 Å². The van der Waals surface area contributed by atoms with Gasteiger partial charge in [0.1, 0.15) is 5.82 Å². The zero-order valence-electron chi connectivity index (χ0n) is 14.7. The van der Waals surface area contributed by atoms with Crippen LogP contribution in [0.2, 0.25) is 0 Å². The van der Waals surface area contributed by atoms with Crippen LogP contribution < -0.4 is 10.2 Å². The van der Waals surface area contributed by atoms with Gasteiger partial charge in [-0.25, -0.2) is 4.98 Å². The summed E-state index contributed by atoms with van der Waals surface area (Å²) in [4.78, 5) is 12.2. The fraction of sp³-hybridized carbons (Fsp3) is 0.524. The van der Waals surface area contributed by atoms with Crippen molar-refractivity contribution in [2.75, 3.05) is 16.8 Å². The second-order valence-electron chi connectivity index (χ2n) is 7.81. The molecule has 0 saturated heterocycles. The Hall–Kier alpha value is -2.10. The van der Waals surface area contributed by atoms with Gasteiger partial charge in [-0.2, -0.15) is 4.98 Å². The Labute approximate surface area is 149 Å². The minimum absolute atomic E-state index is 0.560. The van der Waals surface area contributed by atoms with Gasteiger partial charge in [-0.3, -0.25) is 0 Å². The molecular formula is C21H26N4. The zero-order chi connectivity index (χ0) is 16.6. The third-order valence-corrected chi connectivity index (χ3v) is 5.87. The van der Waals surface area contributed by atoms with Crippen molar-refractivity contribution in [3.8, 4) is 0 Å². The monoisotopic (exact) mass is 334 g/mol. The van der Waals surface area contributed by atoms with Crippen LogP contribution in [-0.2, 0) is 13.0 Å². The summed E-state index contributed by atoms with van der Waals surface area (Å²) < 4.78 is 0. The Bertz CT molecular complexity index is 762. The van der Waals surface area contributed by atoms with E-state index in [1.807, 2.05) is 0 Å². The molecule has 1 aromatic carbocycles. The minimum atomic E-state index is 0.560. The van der Waals surface area contributed by atoms with E-state index in [2.05, 4.69) is 40.5 Å². The van der Waals surface area contributed by atoms with Crippen molar-refractivity contribution >= 4 is 11.8 Å². The lowest BCUT2D eigenvalue weighted by Crippen LogP contribution is -2.31. The van der Waals surface area contributed by atoms with Gasteiger partial charge in [-0.05, 0) is 43.2 Å². The van der Waals surface area contributed by atoms with Crippen molar-refractivity contribution in [1.82, 2.24) is 9.97 Å². The molecule has 0 bridgehead atoms. The number of nitrogens with one attached hydrogen (secondary N) is 1. The van der Waals surface area contributed by atoms with E-state index in [0.29, 0.717) is 12.0 Å². The van der Waals surface area contributed by atoms with E-state index in [0.717, 1.165) is 31.3 Å². The summed E-state index contributed by atoms with van der Waals surface area (Å²) in [5.74, 6) is 2.61. The van der Waals surface area contributed by atoms with E-state index in [4.69, 9.17) is 9.97 Å². The smallest absolute Gasteiger partial charge is 0.225 e. The Morgan fingerprint density at radius 2 is 1.76 bits per heavy atom. The average Bonchev–Trinajstić information content (AvgIpc) is 3.39. The molecule has 0 radical (unpaired) electrons. The lowest BCUT2D eigenvalue weighted by Gasteiger charge is -2.30. The van der Waals surface area contributed by atoms with Crippen molar-refractivity contribution in [3.63, 3.8) is 0 Å². The highest BCUT2D eigenvalue weighted by molar-refractivity contribution is 5.49. The van der Waals surface area contributed by atoms with Gasteiger partial charge in [0.25, 0.3) is 0 Å². The van der Waals surface area contributed by atoms with Crippen molar-refractivity contribution in [2.24, 2.45) is 0 Å². The summed E-state index contributed by atoms with van der Waals surface area (Å²) in [6.07, 6.45) is 8.83. The summed E-state index contributed by atoms with van der Waals surface area (Å²) >= 11 is 0. The molecule has 1 aliphatic heterocycles. The highest BCUT2D eigenvalue weighted by Crippen LogP contribution is 2.40. The summed E-state index contributed by atoms with van der Waals surface area (Å²) in [5, 5.41) is 3.61. The molecule has 5 rings (SSSR count). The standard InChI is InChI=1S/C21H26N4/c1-2-6-17-14-25(12-11-15(17)5-1)20-13-19(16-9-10-16)23-21(24-20)22-18-7-3-4-8-18/h1-2,5-6,13,16,18H,3-4,7-12,14H2,(H,22,23,24). The molecule has 1 N–H and O–H groups in total. The van der Waals surface area contributed by atoms with Crippen LogP contribution in [0, 0.1) is 0 Å². The van der Waals surface area contributed by atoms with Gasteiger partial charge < -0.3 is 10.2 Å². The highest BCUT2D eigenvalue weighted by Gasteiger charge is 2.28. The predicted molar refractivity (Wildman–Crippen MR) is 101 cm³/mol. The van der Waals surface area contributed by atoms with E-state index < -0.39 is 0 Å². The Morgan fingerprint density at radius 1 is 0.960 bits per heavy atom. The maximum absolute atomic E-state index is 4.91. The molecule has 1 aromatic heterocycles. The maximum Gasteiger partial charge on any atom is 0.225 e. The topological polar surface area (TPSA) is 41.1 Å². The second-order valence-corrected chi connectivity index (χ2v) is 7.81. The third kappa shape index (κ3) is 3.22. The van der Waals surface area contributed by atoms with Crippen LogP contribution in [0.25, 0.3) is 0 Å². The average molecular weight is 334 g/mol. The van der Waals surface area contributed by atoms with E-state index >= 15 is 0 Å². The molecule has 4 nitrogen and oxygen atoms in total. The zero-order valence-corrected chi connectivity index (χ0v) is 14.7. The Balaban J connectivity index is 1.43. The first-order chi connectivity index (χ1) is 12.3. The van der Waals surface area contributed by atoms with Crippen molar-refractivity contribution in [3.05, 3.63) is 47.2 Å². The van der Waals surface area contributed by atoms with Crippen LogP contribution in [0.15, 0.2) is 30.3 Å². The molecule has 25 heavy (non-hydrogen) atoms. The molecule has 4 heteroatoms.